The largest absolute Gasteiger partial charge is 0.352 e. The van der Waals surface area contributed by atoms with E-state index in [2.05, 4.69) is 20.6 Å². The summed E-state index contributed by atoms with van der Waals surface area (Å²) >= 11 is 0. The maximum atomic E-state index is 12.0. The second kappa shape index (κ2) is 9.02. The molecular weight excluding hydrogens is 360 g/mol. The fourth-order valence-corrected chi connectivity index (χ4v) is 3.46. The van der Waals surface area contributed by atoms with Crippen molar-refractivity contribution >= 4 is 29.3 Å². The molecule has 2 aromatic carbocycles. The van der Waals surface area contributed by atoms with E-state index >= 15 is 0 Å². The third-order valence-corrected chi connectivity index (χ3v) is 5.05. The van der Waals surface area contributed by atoms with Gasteiger partial charge in [0, 0.05) is 18.5 Å². The molecule has 142 valence electrons. The Balaban J connectivity index is 0.00000210. The van der Waals surface area contributed by atoms with Crippen LogP contribution in [0.25, 0.3) is 22.4 Å². The zero-order valence-electron chi connectivity index (χ0n) is 15.2. The Kier molecular flexibility index (Phi) is 6.48. The maximum absolute atomic E-state index is 12.0. The average molecular weight is 385 g/mol. The first-order chi connectivity index (χ1) is 12.8. The highest BCUT2D eigenvalue weighted by Gasteiger charge is 2.15. The van der Waals surface area contributed by atoms with Crippen LogP contribution in [-0.2, 0) is 11.3 Å². The van der Waals surface area contributed by atoms with E-state index in [4.69, 9.17) is 0 Å². The zero-order chi connectivity index (χ0) is 17.8. The van der Waals surface area contributed by atoms with Gasteiger partial charge in [-0.1, -0.05) is 36.4 Å². The molecule has 5 nitrogen and oxygen atoms in total. The number of H-pyrrole nitrogens is 1. The molecule has 1 fully saturated rings. The molecule has 0 aliphatic carbocycles. The zero-order valence-corrected chi connectivity index (χ0v) is 16.0. The van der Waals surface area contributed by atoms with E-state index in [0.717, 1.165) is 47.5 Å². The molecule has 27 heavy (non-hydrogen) atoms. The number of rotatable bonds is 6. The topological polar surface area (TPSA) is 69.8 Å². The minimum atomic E-state index is 0. The predicted molar refractivity (Wildman–Crippen MR) is 111 cm³/mol. The van der Waals surface area contributed by atoms with Gasteiger partial charge in [-0.25, -0.2) is 4.98 Å². The summed E-state index contributed by atoms with van der Waals surface area (Å²) in [5, 5.41) is 6.36. The van der Waals surface area contributed by atoms with Crippen molar-refractivity contribution in [1.29, 1.82) is 0 Å². The minimum absolute atomic E-state index is 0. The van der Waals surface area contributed by atoms with Crippen LogP contribution in [-0.4, -0.2) is 29.0 Å². The van der Waals surface area contributed by atoms with Gasteiger partial charge in [0.15, 0.2) is 0 Å². The van der Waals surface area contributed by atoms with Crippen LogP contribution >= 0.6 is 12.4 Å². The molecule has 0 bridgehead atoms. The van der Waals surface area contributed by atoms with Crippen LogP contribution in [0.4, 0.5) is 0 Å². The number of carbonyl (C=O) groups is 1. The average Bonchev–Trinajstić information content (AvgIpc) is 3.34. The molecule has 1 saturated heterocycles. The van der Waals surface area contributed by atoms with Crippen molar-refractivity contribution in [1.82, 2.24) is 20.6 Å². The van der Waals surface area contributed by atoms with E-state index in [9.17, 15) is 4.79 Å². The molecule has 1 aliphatic rings. The monoisotopic (exact) mass is 384 g/mol. The highest BCUT2D eigenvalue weighted by Crippen LogP contribution is 2.20. The summed E-state index contributed by atoms with van der Waals surface area (Å²) in [6.07, 6.45) is 2.78. The Hall–Kier alpha value is -2.37. The maximum Gasteiger partial charge on any atom is 0.220 e. The van der Waals surface area contributed by atoms with E-state index in [1.54, 1.807) is 0 Å². The first-order valence-corrected chi connectivity index (χ1v) is 9.29. The minimum Gasteiger partial charge on any atom is -0.352 e. The number of amides is 1. The van der Waals surface area contributed by atoms with Gasteiger partial charge in [0.25, 0.3) is 0 Å². The van der Waals surface area contributed by atoms with Crippen LogP contribution in [0, 0.1) is 5.92 Å². The summed E-state index contributed by atoms with van der Waals surface area (Å²) in [6, 6.07) is 16.2. The lowest BCUT2D eigenvalue weighted by atomic mass is 10.0. The normalized spacial score (nSPS) is 16.2. The Morgan fingerprint density at radius 1 is 1.15 bits per heavy atom. The number of hydrogen-bond donors (Lipinski definition) is 3. The van der Waals surface area contributed by atoms with Crippen LogP contribution < -0.4 is 10.6 Å². The van der Waals surface area contributed by atoms with Gasteiger partial charge in [0.2, 0.25) is 5.91 Å². The molecule has 0 radical (unpaired) electrons. The Morgan fingerprint density at radius 2 is 1.96 bits per heavy atom. The first-order valence-electron chi connectivity index (χ1n) is 9.29. The first kappa shape index (κ1) is 19.4. The van der Waals surface area contributed by atoms with Gasteiger partial charge in [-0.2, -0.15) is 0 Å². The number of hydrogen-bond acceptors (Lipinski definition) is 3. The number of para-hydroxylation sites is 2. The van der Waals surface area contributed by atoms with Gasteiger partial charge in [-0.3, -0.25) is 4.79 Å². The summed E-state index contributed by atoms with van der Waals surface area (Å²) in [7, 11) is 0. The number of fused-ring (bicyclic) bond motifs is 1. The van der Waals surface area contributed by atoms with Gasteiger partial charge >= 0.3 is 0 Å². The lowest BCUT2D eigenvalue weighted by Gasteiger charge is -2.09. The molecular formula is C21H25ClN4O. The van der Waals surface area contributed by atoms with Crippen molar-refractivity contribution in [3.8, 4) is 11.4 Å². The smallest absolute Gasteiger partial charge is 0.220 e. The number of imidazole rings is 1. The molecule has 6 heteroatoms. The summed E-state index contributed by atoms with van der Waals surface area (Å²) < 4.78 is 0. The molecule has 1 aliphatic heterocycles. The third-order valence-electron chi connectivity index (χ3n) is 5.05. The van der Waals surface area contributed by atoms with Crippen molar-refractivity contribution < 1.29 is 4.79 Å². The second-order valence-corrected chi connectivity index (χ2v) is 6.97. The molecule has 1 atom stereocenters. The lowest BCUT2D eigenvalue weighted by Crippen LogP contribution is -2.23. The number of carbonyl (C=O) groups excluding carboxylic acids is 1. The molecule has 0 saturated carbocycles. The van der Waals surface area contributed by atoms with Crippen molar-refractivity contribution in [3.05, 3.63) is 54.1 Å². The summed E-state index contributed by atoms with van der Waals surface area (Å²) in [6.45, 7) is 2.71. The molecule has 2 heterocycles. The van der Waals surface area contributed by atoms with Crippen LogP contribution in [0.3, 0.4) is 0 Å². The van der Waals surface area contributed by atoms with E-state index in [1.165, 1.54) is 6.42 Å². The van der Waals surface area contributed by atoms with Crippen molar-refractivity contribution in [2.75, 3.05) is 13.1 Å². The molecule has 3 N–H and O–H groups in total. The van der Waals surface area contributed by atoms with Gasteiger partial charge in [0.05, 0.1) is 11.0 Å². The molecule has 3 aromatic rings. The van der Waals surface area contributed by atoms with E-state index in [-0.39, 0.29) is 18.3 Å². The van der Waals surface area contributed by atoms with Gasteiger partial charge in [-0.15, -0.1) is 12.4 Å². The standard InChI is InChI=1S/C21H24N4O.ClH/c26-20(10-7-16-11-12-22-13-16)23-14-15-5-8-17(9-6-15)21-24-18-3-1-2-4-19(18)25-21;/h1-6,8-9,16,22H,7,10-14H2,(H,23,26)(H,24,25);1H. The predicted octanol–water partition coefficient (Wildman–Crippen LogP) is 3.66. The van der Waals surface area contributed by atoms with Crippen LogP contribution in [0.2, 0.25) is 0 Å². The van der Waals surface area contributed by atoms with Gasteiger partial charge in [-0.05, 0) is 49.5 Å². The number of aromatic nitrogens is 2. The molecule has 1 aromatic heterocycles. The van der Waals surface area contributed by atoms with Gasteiger partial charge < -0.3 is 15.6 Å². The summed E-state index contributed by atoms with van der Waals surface area (Å²) in [5.41, 5.74) is 4.15. The van der Waals surface area contributed by atoms with E-state index in [1.807, 2.05) is 48.5 Å². The second-order valence-electron chi connectivity index (χ2n) is 6.97. The van der Waals surface area contributed by atoms with Crippen molar-refractivity contribution in [3.63, 3.8) is 0 Å². The van der Waals surface area contributed by atoms with Crippen molar-refractivity contribution in [2.24, 2.45) is 5.92 Å². The Bertz CT molecular complexity index is 852. The number of benzene rings is 2. The number of aromatic amines is 1. The van der Waals surface area contributed by atoms with E-state index < -0.39 is 0 Å². The fourth-order valence-electron chi connectivity index (χ4n) is 3.46. The Morgan fingerprint density at radius 3 is 2.70 bits per heavy atom. The highest BCUT2D eigenvalue weighted by atomic mass is 35.5. The third kappa shape index (κ3) is 4.87. The Labute approximate surface area is 165 Å². The van der Waals surface area contributed by atoms with Gasteiger partial charge in [0.1, 0.15) is 5.82 Å². The number of nitrogens with zero attached hydrogens (tertiary/aromatic N) is 1. The van der Waals surface area contributed by atoms with Crippen LogP contribution in [0.15, 0.2) is 48.5 Å². The summed E-state index contributed by atoms with van der Waals surface area (Å²) in [4.78, 5) is 20.0. The molecule has 4 rings (SSSR count). The van der Waals surface area contributed by atoms with Crippen LogP contribution in [0.5, 0.6) is 0 Å². The SMILES string of the molecule is Cl.O=C(CCC1CCNC1)NCc1ccc(-c2nc3ccccc3[nH]2)cc1. The van der Waals surface area contributed by atoms with E-state index in [0.29, 0.717) is 18.9 Å². The highest BCUT2D eigenvalue weighted by molar-refractivity contribution is 5.85. The lowest BCUT2D eigenvalue weighted by molar-refractivity contribution is -0.121. The summed E-state index contributed by atoms with van der Waals surface area (Å²) in [5.74, 6) is 1.66. The molecule has 1 unspecified atom stereocenters. The molecule has 0 spiro atoms. The fraction of sp³-hybridized carbons (Fsp3) is 0.333. The van der Waals surface area contributed by atoms with Crippen molar-refractivity contribution in [2.45, 2.75) is 25.8 Å². The van der Waals surface area contributed by atoms with Crippen LogP contribution in [0.1, 0.15) is 24.8 Å². The number of nitrogens with one attached hydrogen (secondary N) is 3. The number of halogens is 1. The quantitative estimate of drug-likeness (QED) is 0.607. The molecule has 1 amide bonds.